The van der Waals surface area contributed by atoms with E-state index < -0.39 is 11.3 Å². The first-order chi connectivity index (χ1) is 8.02. The molecule has 0 amide bonds. The Bertz CT molecular complexity index is 593. The third-order valence-corrected chi connectivity index (χ3v) is 1.97. The summed E-state index contributed by atoms with van der Waals surface area (Å²) in [5, 5.41) is 0. The summed E-state index contributed by atoms with van der Waals surface area (Å²) in [5.74, 6) is 1.52. The molecule has 0 radical (unpaired) electrons. The predicted molar refractivity (Wildman–Crippen MR) is 59.5 cm³/mol. The zero-order chi connectivity index (χ0) is 12.4. The molecule has 0 spiro atoms. The normalized spacial score (nSPS) is 10.2. The minimum absolute atomic E-state index is 0.323. The van der Waals surface area contributed by atoms with Gasteiger partial charge in [-0.15, -0.1) is 0 Å². The summed E-state index contributed by atoms with van der Waals surface area (Å²) in [6.07, 6.45) is 0. The monoisotopic (exact) mass is 234 g/mol. The standard InChI is InChI=1S/C12H10O5/c1-7-3-9(5-11(13)15-7)17-10-4-8(2)16-12(14)6-10/h3-6H,1-2H3. The van der Waals surface area contributed by atoms with Crippen LogP contribution in [0.25, 0.3) is 0 Å². The van der Waals surface area contributed by atoms with E-state index in [0.717, 1.165) is 0 Å². The third-order valence-electron chi connectivity index (χ3n) is 1.97. The predicted octanol–water partition coefficient (Wildman–Crippen LogP) is 2.00. The highest BCUT2D eigenvalue weighted by atomic mass is 16.5. The highest BCUT2D eigenvalue weighted by molar-refractivity contribution is 5.29. The van der Waals surface area contributed by atoms with Crippen LogP contribution in [0.15, 0.2) is 42.7 Å². The van der Waals surface area contributed by atoms with Crippen LogP contribution in [0.1, 0.15) is 11.5 Å². The second kappa shape index (κ2) is 4.29. The zero-order valence-corrected chi connectivity index (χ0v) is 9.35. The average Bonchev–Trinajstić information content (AvgIpc) is 2.13. The lowest BCUT2D eigenvalue weighted by atomic mass is 10.3. The maximum Gasteiger partial charge on any atom is 0.339 e. The van der Waals surface area contributed by atoms with Crippen LogP contribution >= 0.6 is 0 Å². The van der Waals surface area contributed by atoms with E-state index in [0.29, 0.717) is 23.0 Å². The summed E-state index contributed by atoms with van der Waals surface area (Å²) in [6.45, 7) is 3.28. The van der Waals surface area contributed by atoms with Gasteiger partial charge in [-0.25, -0.2) is 9.59 Å². The molecule has 0 aliphatic rings. The molecule has 0 bridgehead atoms. The van der Waals surface area contributed by atoms with Crippen LogP contribution in [0.2, 0.25) is 0 Å². The second-order valence-electron chi connectivity index (χ2n) is 3.55. The van der Waals surface area contributed by atoms with Gasteiger partial charge in [0.05, 0.1) is 12.1 Å². The number of rotatable bonds is 2. The molecule has 2 aromatic rings. The lowest BCUT2D eigenvalue weighted by molar-refractivity contribution is 0.424. The maximum absolute atomic E-state index is 11.1. The number of hydrogen-bond acceptors (Lipinski definition) is 5. The van der Waals surface area contributed by atoms with Crippen molar-refractivity contribution in [2.24, 2.45) is 0 Å². The fraction of sp³-hybridized carbons (Fsp3) is 0.167. The van der Waals surface area contributed by atoms with Crippen molar-refractivity contribution < 1.29 is 13.6 Å². The van der Waals surface area contributed by atoms with Gasteiger partial charge in [-0.05, 0) is 13.8 Å². The van der Waals surface area contributed by atoms with Gasteiger partial charge < -0.3 is 13.6 Å². The molecule has 0 aliphatic carbocycles. The van der Waals surface area contributed by atoms with Crippen molar-refractivity contribution in [2.45, 2.75) is 13.8 Å². The molecule has 0 N–H and O–H groups in total. The van der Waals surface area contributed by atoms with Crippen molar-refractivity contribution in [3.05, 3.63) is 56.6 Å². The molecule has 88 valence electrons. The molecule has 2 rings (SSSR count). The molecule has 5 heteroatoms. The van der Waals surface area contributed by atoms with E-state index in [2.05, 4.69) is 0 Å². The van der Waals surface area contributed by atoms with Gasteiger partial charge in [-0.2, -0.15) is 0 Å². The molecule has 0 saturated carbocycles. The van der Waals surface area contributed by atoms with E-state index in [-0.39, 0.29) is 0 Å². The summed E-state index contributed by atoms with van der Waals surface area (Å²) in [6, 6.07) is 5.53. The summed E-state index contributed by atoms with van der Waals surface area (Å²) in [7, 11) is 0. The Morgan fingerprint density at radius 2 is 1.24 bits per heavy atom. The lowest BCUT2D eigenvalue weighted by Gasteiger charge is -2.04. The Morgan fingerprint density at radius 1 is 0.824 bits per heavy atom. The highest BCUT2D eigenvalue weighted by Gasteiger charge is 2.03. The second-order valence-corrected chi connectivity index (χ2v) is 3.55. The van der Waals surface area contributed by atoms with Crippen molar-refractivity contribution in [3.8, 4) is 11.5 Å². The topological polar surface area (TPSA) is 69.7 Å². The van der Waals surface area contributed by atoms with E-state index in [1.165, 1.54) is 12.1 Å². The molecule has 2 heterocycles. The first kappa shape index (κ1) is 11.2. The molecule has 2 aromatic heterocycles. The molecule has 0 fully saturated rings. The van der Waals surface area contributed by atoms with Crippen LogP contribution in [-0.2, 0) is 0 Å². The van der Waals surface area contributed by atoms with Gasteiger partial charge in [0.25, 0.3) is 0 Å². The van der Waals surface area contributed by atoms with E-state index in [1.807, 2.05) is 0 Å². The molecule has 17 heavy (non-hydrogen) atoms. The van der Waals surface area contributed by atoms with Crippen molar-refractivity contribution in [2.75, 3.05) is 0 Å². The van der Waals surface area contributed by atoms with E-state index in [9.17, 15) is 9.59 Å². The quantitative estimate of drug-likeness (QED) is 0.794. The summed E-state index contributed by atoms with van der Waals surface area (Å²) in [4.78, 5) is 22.2. The minimum Gasteiger partial charge on any atom is -0.457 e. The van der Waals surface area contributed by atoms with E-state index >= 15 is 0 Å². The number of hydrogen-bond donors (Lipinski definition) is 0. The van der Waals surface area contributed by atoms with Crippen LogP contribution in [0, 0.1) is 13.8 Å². The van der Waals surface area contributed by atoms with Gasteiger partial charge in [0.1, 0.15) is 23.0 Å². The van der Waals surface area contributed by atoms with Crippen LogP contribution in [0.3, 0.4) is 0 Å². The highest BCUT2D eigenvalue weighted by Crippen LogP contribution is 2.20. The fourth-order valence-electron chi connectivity index (χ4n) is 1.41. The van der Waals surface area contributed by atoms with E-state index in [4.69, 9.17) is 13.6 Å². The van der Waals surface area contributed by atoms with Gasteiger partial charge in [0, 0.05) is 12.1 Å². The molecule has 0 aromatic carbocycles. The minimum atomic E-state index is -0.500. The van der Waals surface area contributed by atoms with Crippen molar-refractivity contribution in [1.82, 2.24) is 0 Å². The Morgan fingerprint density at radius 3 is 1.59 bits per heavy atom. The van der Waals surface area contributed by atoms with Crippen LogP contribution in [0.4, 0.5) is 0 Å². The average molecular weight is 234 g/mol. The van der Waals surface area contributed by atoms with Crippen molar-refractivity contribution >= 4 is 0 Å². The Kier molecular flexibility index (Phi) is 2.82. The SMILES string of the molecule is Cc1cc(Oc2cc(C)oc(=O)c2)cc(=O)o1. The molecular formula is C12H10O5. The number of aryl methyl sites for hydroxylation is 2. The Hall–Kier alpha value is -2.30. The fourth-order valence-corrected chi connectivity index (χ4v) is 1.41. The maximum atomic E-state index is 11.1. The summed E-state index contributed by atoms with van der Waals surface area (Å²) < 4.78 is 15.0. The Balaban J connectivity index is 2.37. The lowest BCUT2D eigenvalue weighted by Crippen LogP contribution is -2.01. The first-order valence-electron chi connectivity index (χ1n) is 4.94. The van der Waals surface area contributed by atoms with Gasteiger partial charge in [-0.3, -0.25) is 0 Å². The number of ether oxygens (including phenoxy) is 1. The molecule has 0 aliphatic heterocycles. The largest absolute Gasteiger partial charge is 0.457 e. The summed E-state index contributed by atoms with van der Waals surface area (Å²) in [5.41, 5.74) is -1.00. The molecule has 5 nitrogen and oxygen atoms in total. The molecule has 0 atom stereocenters. The Labute approximate surface area is 96.3 Å². The van der Waals surface area contributed by atoms with Crippen molar-refractivity contribution in [1.29, 1.82) is 0 Å². The molecule has 0 unspecified atom stereocenters. The van der Waals surface area contributed by atoms with Gasteiger partial charge in [0.15, 0.2) is 0 Å². The summed E-state index contributed by atoms with van der Waals surface area (Å²) >= 11 is 0. The van der Waals surface area contributed by atoms with Crippen LogP contribution < -0.4 is 16.0 Å². The van der Waals surface area contributed by atoms with Gasteiger partial charge in [-0.1, -0.05) is 0 Å². The van der Waals surface area contributed by atoms with Crippen LogP contribution in [-0.4, -0.2) is 0 Å². The first-order valence-corrected chi connectivity index (χ1v) is 4.94. The van der Waals surface area contributed by atoms with Gasteiger partial charge in [0.2, 0.25) is 0 Å². The molecule has 0 saturated heterocycles. The van der Waals surface area contributed by atoms with Crippen molar-refractivity contribution in [3.63, 3.8) is 0 Å². The molecular weight excluding hydrogens is 224 g/mol. The van der Waals surface area contributed by atoms with E-state index in [1.54, 1.807) is 26.0 Å². The smallest absolute Gasteiger partial charge is 0.339 e. The van der Waals surface area contributed by atoms with Crippen LogP contribution in [0.5, 0.6) is 11.5 Å². The van der Waals surface area contributed by atoms with Gasteiger partial charge >= 0.3 is 11.3 Å². The third kappa shape index (κ3) is 2.84. The zero-order valence-electron chi connectivity index (χ0n) is 9.35.